The Labute approximate surface area is 220 Å². The number of hydrogen-bond acceptors (Lipinski definition) is 7. The van der Waals surface area contributed by atoms with Crippen molar-refractivity contribution < 1.29 is 13.9 Å². The van der Waals surface area contributed by atoms with Gasteiger partial charge < -0.3 is 20.4 Å². The molecule has 0 spiro atoms. The standard InChI is InChI=1S/C27H31ClFN5O3/c1-27(2,30)24(35)6-5-23(18-3-4-20(28)21(29)15-18)34-12-8-17(16-25(34)36)22-7-11-31-26(33-22)32-19-9-13-37-14-10-19/h3-4,7-8,11-12,15-16,19,23H,5-6,9-10,13-14,30H2,1-2H3,(H,31,32,33)/t23-/m1/s1. The molecule has 3 heterocycles. The molecule has 10 heteroatoms. The quantitative estimate of drug-likeness (QED) is 0.425. The molecular weight excluding hydrogens is 497 g/mol. The molecule has 3 aromatic rings. The van der Waals surface area contributed by atoms with E-state index < -0.39 is 17.4 Å². The molecule has 1 atom stereocenters. The Morgan fingerprint density at radius 3 is 2.70 bits per heavy atom. The SMILES string of the molecule is CC(C)(N)C(=O)CC[C@H](c1ccc(Cl)c(F)c1)n1ccc(-c2ccnc(NC3CCOCC3)n2)cc1=O. The maximum atomic E-state index is 14.3. The van der Waals surface area contributed by atoms with E-state index in [0.717, 1.165) is 12.8 Å². The lowest BCUT2D eigenvalue weighted by Crippen LogP contribution is -2.41. The van der Waals surface area contributed by atoms with E-state index in [0.29, 0.717) is 36.0 Å². The molecule has 2 aromatic heterocycles. The van der Waals surface area contributed by atoms with Gasteiger partial charge in [0.15, 0.2) is 5.78 Å². The molecule has 196 valence electrons. The molecule has 1 saturated heterocycles. The number of hydrogen-bond donors (Lipinski definition) is 2. The number of ether oxygens (including phenoxy) is 1. The summed E-state index contributed by atoms with van der Waals surface area (Å²) in [6, 6.07) is 9.04. The van der Waals surface area contributed by atoms with Crippen molar-refractivity contribution in [3.05, 3.63) is 75.5 Å². The van der Waals surface area contributed by atoms with Crippen LogP contribution in [-0.2, 0) is 9.53 Å². The van der Waals surface area contributed by atoms with Crippen LogP contribution in [0, 0.1) is 5.82 Å². The number of pyridine rings is 1. The van der Waals surface area contributed by atoms with E-state index in [1.54, 1.807) is 44.4 Å². The molecule has 3 N–H and O–H groups in total. The van der Waals surface area contributed by atoms with Gasteiger partial charge >= 0.3 is 0 Å². The van der Waals surface area contributed by atoms with Crippen molar-refractivity contribution in [2.75, 3.05) is 18.5 Å². The number of halogens is 2. The summed E-state index contributed by atoms with van der Waals surface area (Å²) in [6.45, 7) is 4.67. The van der Waals surface area contributed by atoms with Crippen molar-refractivity contribution >= 4 is 23.3 Å². The highest BCUT2D eigenvalue weighted by Gasteiger charge is 2.25. The Hall–Kier alpha value is -3.14. The van der Waals surface area contributed by atoms with Crippen LogP contribution in [0.15, 0.2) is 53.6 Å². The lowest BCUT2D eigenvalue weighted by atomic mass is 9.93. The van der Waals surface area contributed by atoms with Crippen molar-refractivity contribution in [3.8, 4) is 11.3 Å². The van der Waals surface area contributed by atoms with Gasteiger partial charge in [0.05, 0.1) is 22.3 Å². The molecule has 0 saturated carbocycles. The maximum Gasteiger partial charge on any atom is 0.251 e. The zero-order valence-electron chi connectivity index (χ0n) is 20.9. The molecule has 1 fully saturated rings. The normalized spacial score (nSPS) is 15.4. The number of anilines is 1. The molecular formula is C27H31ClFN5O3. The van der Waals surface area contributed by atoms with Gasteiger partial charge in [-0.1, -0.05) is 17.7 Å². The fraction of sp³-hybridized carbons (Fsp3) is 0.407. The van der Waals surface area contributed by atoms with E-state index in [4.69, 9.17) is 22.1 Å². The van der Waals surface area contributed by atoms with Crippen molar-refractivity contribution in [1.29, 1.82) is 0 Å². The van der Waals surface area contributed by atoms with E-state index in [1.165, 1.54) is 22.8 Å². The Kier molecular flexibility index (Phi) is 8.36. The number of aromatic nitrogens is 3. The van der Waals surface area contributed by atoms with E-state index in [9.17, 15) is 14.0 Å². The summed E-state index contributed by atoms with van der Waals surface area (Å²) in [7, 11) is 0. The van der Waals surface area contributed by atoms with Crippen molar-refractivity contribution in [2.45, 2.75) is 57.2 Å². The Morgan fingerprint density at radius 1 is 1.27 bits per heavy atom. The molecule has 1 aliphatic rings. The van der Waals surface area contributed by atoms with Gasteiger partial charge in [0.2, 0.25) is 5.95 Å². The first kappa shape index (κ1) is 26.9. The van der Waals surface area contributed by atoms with E-state index in [2.05, 4.69) is 15.3 Å². The van der Waals surface area contributed by atoms with E-state index in [1.807, 2.05) is 0 Å². The zero-order valence-corrected chi connectivity index (χ0v) is 21.7. The highest BCUT2D eigenvalue weighted by atomic mass is 35.5. The Bertz CT molecular complexity index is 1320. The Morgan fingerprint density at radius 2 is 2.03 bits per heavy atom. The molecule has 1 aromatic carbocycles. The van der Waals surface area contributed by atoms with E-state index in [-0.39, 0.29) is 35.2 Å². The molecule has 0 aliphatic carbocycles. The first-order valence-corrected chi connectivity index (χ1v) is 12.7. The van der Waals surface area contributed by atoms with Crippen LogP contribution in [0.2, 0.25) is 5.02 Å². The van der Waals surface area contributed by atoms with Crippen LogP contribution in [-0.4, -0.2) is 45.1 Å². The number of carbonyl (C=O) groups is 1. The third kappa shape index (κ3) is 6.80. The largest absolute Gasteiger partial charge is 0.381 e. The van der Waals surface area contributed by atoms with Crippen molar-refractivity contribution in [3.63, 3.8) is 0 Å². The topological polar surface area (TPSA) is 112 Å². The highest BCUT2D eigenvalue weighted by molar-refractivity contribution is 6.30. The third-order valence-electron chi connectivity index (χ3n) is 6.48. The summed E-state index contributed by atoms with van der Waals surface area (Å²) >= 11 is 5.88. The van der Waals surface area contributed by atoms with Gasteiger partial charge in [0, 0.05) is 49.7 Å². The molecule has 0 amide bonds. The number of Topliss-reactive ketones (excluding diaryl/α,β-unsaturated/α-hetero) is 1. The number of nitrogens with two attached hydrogens (primary N) is 1. The molecule has 8 nitrogen and oxygen atoms in total. The number of ketones is 1. The van der Waals surface area contributed by atoms with Crippen LogP contribution < -0.4 is 16.6 Å². The van der Waals surface area contributed by atoms with Gasteiger partial charge in [-0.2, -0.15) is 0 Å². The smallest absolute Gasteiger partial charge is 0.251 e. The summed E-state index contributed by atoms with van der Waals surface area (Å²) in [5.41, 5.74) is 6.39. The minimum atomic E-state index is -1.01. The molecule has 0 radical (unpaired) electrons. The fourth-order valence-corrected chi connectivity index (χ4v) is 4.41. The first-order valence-electron chi connectivity index (χ1n) is 12.3. The first-order chi connectivity index (χ1) is 17.6. The zero-order chi connectivity index (χ0) is 26.6. The summed E-state index contributed by atoms with van der Waals surface area (Å²) in [5, 5.41) is 3.32. The molecule has 0 bridgehead atoms. The van der Waals surface area contributed by atoms with Crippen LogP contribution in [0.5, 0.6) is 0 Å². The maximum absolute atomic E-state index is 14.3. The van der Waals surface area contributed by atoms with Crippen LogP contribution in [0.25, 0.3) is 11.3 Å². The van der Waals surface area contributed by atoms with Gasteiger partial charge in [-0.3, -0.25) is 9.59 Å². The van der Waals surface area contributed by atoms with Gasteiger partial charge in [0.25, 0.3) is 5.56 Å². The molecule has 37 heavy (non-hydrogen) atoms. The monoisotopic (exact) mass is 527 g/mol. The molecule has 0 unspecified atom stereocenters. The van der Waals surface area contributed by atoms with Crippen LogP contribution in [0.4, 0.5) is 10.3 Å². The van der Waals surface area contributed by atoms with E-state index >= 15 is 0 Å². The summed E-state index contributed by atoms with van der Waals surface area (Å²) in [4.78, 5) is 34.7. The summed E-state index contributed by atoms with van der Waals surface area (Å²) in [5.74, 6) is -0.252. The molecule has 1 aliphatic heterocycles. The van der Waals surface area contributed by atoms with Gasteiger partial charge in [-0.05, 0) is 62.9 Å². The number of nitrogens with one attached hydrogen (secondary N) is 1. The minimum Gasteiger partial charge on any atom is -0.381 e. The van der Waals surface area contributed by atoms with Crippen LogP contribution >= 0.6 is 11.6 Å². The average Bonchev–Trinajstić information content (AvgIpc) is 2.87. The molecule has 4 rings (SSSR count). The third-order valence-corrected chi connectivity index (χ3v) is 6.79. The minimum absolute atomic E-state index is 0.0155. The predicted octanol–water partition coefficient (Wildman–Crippen LogP) is 4.36. The Balaban J connectivity index is 1.62. The summed E-state index contributed by atoms with van der Waals surface area (Å²) in [6.07, 6.45) is 5.43. The average molecular weight is 528 g/mol. The lowest BCUT2D eigenvalue weighted by Gasteiger charge is -2.23. The second kappa shape index (κ2) is 11.5. The second-order valence-corrected chi connectivity index (χ2v) is 10.2. The lowest BCUT2D eigenvalue weighted by molar-refractivity contribution is -0.123. The van der Waals surface area contributed by atoms with Gasteiger partial charge in [-0.15, -0.1) is 0 Å². The number of benzene rings is 1. The van der Waals surface area contributed by atoms with Gasteiger partial charge in [-0.25, -0.2) is 14.4 Å². The van der Waals surface area contributed by atoms with Crippen LogP contribution in [0.1, 0.15) is 51.1 Å². The number of nitrogens with zero attached hydrogens (tertiary/aromatic N) is 3. The fourth-order valence-electron chi connectivity index (χ4n) is 4.30. The van der Waals surface area contributed by atoms with Crippen LogP contribution in [0.3, 0.4) is 0 Å². The number of rotatable bonds is 9. The van der Waals surface area contributed by atoms with Crippen molar-refractivity contribution in [2.24, 2.45) is 5.73 Å². The highest BCUT2D eigenvalue weighted by Crippen LogP contribution is 2.28. The predicted molar refractivity (Wildman–Crippen MR) is 141 cm³/mol. The summed E-state index contributed by atoms with van der Waals surface area (Å²) < 4.78 is 21.2. The second-order valence-electron chi connectivity index (χ2n) is 9.83. The van der Waals surface area contributed by atoms with Crippen molar-refractivity contribution in [1.82, 2.24) is 14.5 Å². The number of carbonyl (C=O) groups excluding carboxylic acids is 1. The van der Waals surface area contributed by atoms with Gasteiger partial charge in [0.1, 0.15) is 5.82 Å².